The maximum absolute atomic E-state index is 12.7. The maximum atomic E-state index is 12.7. The van der Waals surface area contributed by atoms with Crippen molar-refractivity contribution < 1.29 is 9.53 Å². The van der Waals surface area contributed by atoms with E-state index >= 15 is 0 Å². The number of carbonyl (C=O) groups excluding carboxylic acids is 1. The third-order valence-corrected chi connectivity index (χ3v) is 6.44. The van der Waals surface area contributed by atoms with E-state index in [2.05, 4.69) is 61.6 Å². The smallest absolute Gasteiger partial charge is 0.342 e. The van der Waals surface area contributed by atoms with Crippen molar-refractivity contribution in [3.05, 3.63) is 99.5 Å². The third-order valence-electron chi connectivity index (χ3n) is 4.85. The first-order valence-electron chi connectivity index (χ1n) is 8.49. The Balaban J connectivity index is 1.84. The summed E-state index contributed by atoms with van der Waals surface area (Å²) in [7, 11) is 0. The molecular formula is C22H13BrINO2. The van der Waals surface area contributed by atoms with Crippen molar-refractivity contribution >= 4 is 59.5 Å². The standard InChI is InChI=1S/C22H13BrINO2/c23-14-10-11-18-17(12-14)22(26)27-21-16-9-5-4-8-15(16)19(24)20(25(18)21)13-6-2-1-3-7-13/h1-12,21H. The molecule has 0 radical (unpaired) electrons. The van der Waals surface area contributed by atoms with Gasteiger partial charge < -0.3 is 4.74 Å². The molecule has 5 heteroatoms. The molecule has 27 heavy (non-hydrogen) atoms. The number of ether oxygens (including phenoxy) is 1. The van der Waals surface area contributed by atoms with Gasteiger partial charge in [-0.3, -0.25) is 4.90 Å². The number of hydrogen-bond acceptors (Lipinski definition) is 3. The van der Waals surface area contributed by atoms with Crippen LogP contribution in [0.25, 0.3) is 9.28 Å². The zero-order valence-corrected chi connectivity index (χ0v) is 17.8. The summed E-state index contributed by atoms with van der Waals surface area (Å²) >= 11 is 5.87. The Hall–Kier alpha value is -2.12. The Morgan fingerprint density at radius 3 is 2.48 bits per heavy atom. The van der Waals surface area contributed by atoms with Crippen molar-refractivity contribution in [2.45, 2.75) is 6.23 Å². The Morgan fingerprint density at radius 1 is 0.926 bits per heavy atom. The minimum absolute atomic E-state index is 0.299. The van der Waals surface area contributed by atoms with E-state index in [4.69, 9.17) is 4.74 Å². The molecule has 0 saturated carbocycles. The lowest BCUT2D eigenvalue weighted by atomic mass is 9.94. The van der Waals surface area contributed by atoms with Crippen molar-refractivity contribution in [1.29, 1.82) is 0 Å². The second-order valence-electron chi connectivity index (χ2n) is 6.41. The molecule has 2 heterocycles. The van der Waals surface area contributed by atoms with Crippen LogP contribution in [0.4, 0.5) is 5.69 Å². The quantitative estimate of drug-likeness (QED) is 0.270. The number of hydrogen-bond donors (Lipinski definition) is 0. The van der Waals surface area contributed by atoms with Gasteiger partial charge in [0.1, 0.15) is 0 Å². The lowest BCUT2D eigenvalue weighted by molar-refractivity contribution is 0.0277. The predicted molar refractivity (Wildman–Crippen MR) is 118 cm³/mol. The van der Waals surface area contributed by atoms with Crippen LogP contribution in [-0.4, -0.2) is 5.97 Å². The molecule has 1 unspecified atom stereocenters. The molecule has 3 aromatic rings. The molecule has 0 aromatic heterocycles. The van der Waals surface area contributed by atoms with E-state index in [9.17, 15) is 4.79 Å². The zero-order chi connectivity index (χ0) is 18.5. The third kappa shape index (κ3) is 2.63. The molecule has 0 fully saturated rings. The summed E-state index contributed by atoms with van der Waals surface area (Å²) in [6.45, 7) is 0. The largest absolute Gasteiger partial charge is 0.433 e. The Bertz CT molecular complexity index is 1110. The number of anilines is 1. The molecule has 5 rings (SSSR count). The van der Waals surface area contributed by atoms with Gasteiger partial charge in [-0.05, 0) is 51.9 Å². The summed E-state index contributed by atoms with van der Waals surface area (Å²) in [5.74, 6) is -0.299. The molecule has 0 aliphatic carbocycles. The van der Waals surface area contributed by atoms with Gasteiger partial charge in [-0.1, -0.05) is 70.5 Å². The summed E-state index contributed by atoms with van der Waals surface area (Å²) in [4.78, 5) is 14.9. The highest BCUT2D eigenvalue weighted by Gasteiger charge is 2.41. The van der Waals surface area contributed by atoms with Crippen LogP contribution in [0.3, 0.4) is 0 Å². The number of halogens is 2. The minimum Gasteiger partial charge on any atom is -0.433 e. The first-order valence-corrected chi connectivity index (χ1v) is 10.4. The first kappa shape index (κ1) is 17.0. The van der Waals surface area contributed by atoms with Crippen molar-refractivity contribution in [3.8, 4) is 0 Å². The molecule has 0 spiro atoms. The molecule has 2 aliphatic rings. The van der Waals surface area contributed by atoms with Gasteiger partial charge in [0.15, 0.2) is 0 Å². The van der Waals surface area contributed by atoms with Gasteiger partial charge in [-0.25, -0.2) is 4.79 Å². The van der Waals surface area contributed by atoms with Crippen molar-refractivity contribution in [2.24, 2.45) is 0 Å². The highest BCUT2D eigenvalue weighted by Crippen LogP contribution is 2.51. The molecule has 3 nitrogen and oxygen atoms in total. The van der Waals surface area contributed by atoms with Gasteiger partial charge in [-0.2, -0.15) is 0 Å². The second-order valence-corrected chi connectivity index (χ2v) is 8.40. The number of benzene rings is 3. The molecule has 0 amide bonds. The van der Waals surface area contributed by atoms with Crippen LogP contribution >= 0.6 is 38.5 Å². The SMILES string of the molecule is O=C1OC2c3ccccc3C(I)=C(c3ccccc3)N2c2ccc(Br)cc21. The highest BCUT2D eigenvalue weighted by atomic mass is 127. The monoisotopic (exact) mass is 529 g/mol. The molecule has 0 bridgehead atoms. The van der Waals surface area contributed by atoms with E-state index in [1.54, 1.807) is 0 Å². The summed E-state index contributed by atoms with van der Waals surface area (Å²) in [6, 6.07) is 24.1. The van der Waals surface area contributed by atoms with Crippen LogP contribution in [0.5, 0.6) is 0 Å². The maximum Gasteiger partial charge on any atom is 0.342 e. The van der Waals surface area contributed by atoms with Crippen LogP contribution in [0, 0.1) is 0 Å². The van der Waals surface area contributed by atoms with Crippen molar-refractivity contribution in [1.82, 2.24) is 0 Å². The molecule has 132 valence electrons. The summed E-state index contributed by atoms with van der Waals surface area (Å²) in [5.41, 5.74) is 5.68. The van der Waals surface area contributed by atoms with E-state index in [1.165, 1.54) is 0 Å². The summed E-state index contributed by atoms with van der Waals surface area (Å²) < 4.78 is 7.92. The molecule has 2 aliphatic heterocycles. The van der Waals surface area contributed by atoms with Crippen molar-refractivity contribution in [3.63, 3.8) is 0 Å². The van der Waals surface area contributed by atoms with Gasteiger partial charge >= 0.3 is 5.97 Å². The number of carbonyl (C=O) groups is 1. The predicted octanol–water partition coefficient (Wildman–Crippen LogP) is 6.40. The topological polar surface area (TPSA) is 29.5 Å². The normalized spacial score (nSPS) is 17.8. The van der Waals surface area contributed by atoms with Crippen LogP contribution in [0.15, 0.2) is 77.3 Å². The van der Waals surface area contributed by atoms with Gasteiger partial charge in [0.2, 0.25) is 6.23 Å². The molecule has 0 saturated heterocycles. The number of esters is 1. The van der Waals surface area contributed by atoms with Crippen LogP contribution in [-0.2, 0) is 4.74 Å². The Morgan fingerprint density at radius 2 is 1.67 bits per heavy atom. The Kier molecular flexibility index (Phi) is 4.09. The lowest BCUT2D eigenvalue weighted by Gasteiger charge is -2.43. The van der Waals surface area contributed by atoms with Gasteiger partial charge in [0.25, 0.3) is 0 Å². The highest BCUT2D eigenvalue weighted by molar-refractivity contribution is 14.1. The molecular weight excluding hydrogens is 517 g/mol. The number of fused-ring (bicyclic) bond motifs is 5. The number of rotatable bonds is 1. The van der Waals surface area contributed by atoms with Gasteiger partial charge in [-0.15, -0.1) is 0 Å². The average Bonchev–Trinajstić information content (AvgIpc) is 2.70. The zero-order valence-electron chi connectivity index (χ0n) is 14.0. The minimum atomic E-state index is -0.476. The first-order chi connectivity index (χ1) is 13.1. The van der Waals surface area contributed by atoms with Crippen LogP contribution in [0.2, 0.25) is 0 Å². The summed E-state index contributed by atoms with van der Waals surface area (Å²) in [6.07, 6.45) is -0.476. The van der Waals surface area contributed by atoms with E-state index in [0.29, 0.717) is 5.56 Å². The van der Waals surface area contributed by atoms with Crippen LogP contribution < -0.4 is 4.90 Å². The molecule has 0 N–H and O–H groups in total. The fraction of sp³-hybridized carbons (Fsp3) is 0.0455. The van der Waals surface area contributed by atoms with Crippen molar-refractivity contribution in [2.75, 3.05) is 4.90 Å². The molecule has 1 atom stereocenters. The molecule has 3 aromatic carbocycles. The van der Waals surface area contributed by atoms with E-state index in [0.717, 1.165) is 36.1 Å². The van der Waals surface area contributed by atoms with Crippen LogP contribution in [0.1, 0.15) is 33.3 Å². The number of nitrogens with zero attached hydrogens (tertiary/aromatic N) is 1. The Labute approximate surface area is 178 Å². The fourth-order valence-electron chi connectivity index (χ4n) is 3.67. The average molecular weight is 530 g/mol. The van der Waals surface area contributed by atoms with Gasteiger partial charge in [0, 0.05) is 13.6 Å². The van der Waals surface area contributed by atoms with Gasteiger partial charge in [0.05, 0.1) is 16.9 Å². The van der Waals surface area contributed by atoms with E-state index in [-0.39, 0.29) is 5.97 Å². The van der Waals surface area contributed by atoms with E-state index < -0.39 is 6.23 Å². The lowest BCUT2D eigenvalue weighted by Crippen LogP contribution is -2.39. The second kappa shape index (κ2) is 6.49. The summed E-state index contributed by atoms with van der Waals surface area (Å²) in [5, 5.41) is 0. The fourth-order valence-corrected chi connectivity index (χ4v) is 5.10. The van der Waals surface area contributed by atoms with E-state index in [1.807, 2.05) is 54.6 Å².